The van der Waals surface area contributed by atoms with Crippen LogP contribution in [0.1, 0.15) is 21.6 Å². The number of alkyl halides is 6. The summed E-state index contributed by atoms with van der Waals surface area (Å²) in [5.74, 6) is -2.86. The summed E-state index contributed by atoms with van der Waals surface area (Å²) < 4.78 is 82.7. The van der Waals surface area contributed by atoms with Gasteiger partial charge in [0.25, 0.3) is 0 Å². The number of halogens is 6. The fourth-order valence-corrected chi connectivity index (χ4v) is 1.52. The third-order valence-electron chi connectivity index (χ3n) is 2.24. The molecule has 118 valence electrons. The molecule has 0 spiro atoms. The lowest BCUT2D eigenvalue weighted by molar-refractivity contribution is -0.276. The molecular formula is C10H8F6N2O3. The van der Waals surface area contributed by atoms with E-state index in [4.69, 9.17) is 5.73 Å². The van der Waals surface area contributed by atoms with Crippen LogP contribution in [-0.4, -0.2) is 24.4 Å². The molecule has 0 atom stereocenters. The monoisotopic (exact) mass is 318 g/mol. The van der Waals surface area contributed by atoms with Crippen molar-refractivity contribution in [1.82, 2.24) is 4.98 Å². The Balaban J connectivity index is 3.58. The first-order chi connectivity index (χ1) is 9.51. The van der Waals surface area contributed by atoms with Crippen molar-refractivity contribution in [3.63, 3.8) is 0 Å². The molecule has 0 aromatic carbocycles. The van der Waals surface area contributed by atoms with Crippen LogP contribution >= 0.6 is 0 Å². The van der Waals surface area contributed by atoms with Crippen LogP contribution in [0.15, 0.2) is 6.20 Å². The maximum Gasteiger partial charge on any atom is 0.573 e. The Labute approximate surface area is 113 Å². The minimum atomic E-state index is -5.36. The SMILES string of the molecule is COC(=O)c1ncc(OC(F)(F)F)c(C(F)(F)F)c1CN. The van der Waals surface area contributed by atoms with Crippen molar-refractivity contribution in [3.05, 3.63) is 23.0 Å². The van der Waals surface area contributed by atoms with E-state index in [0.29, 0.717) is 0 Å². The van der Waals surface area contributed by atoms with Crippen LogP contribution in [-0.2, 0) is 17.5 Å². The first-order valence-corrected chi connectivity index (χ1v) is 5.14. The highest BCUT2D eigenvalue weighted by Crippen LogP contribution is 2.41. The fourth-order valence-electron chi connectivity index (χ4n) is 1.52. The summed E-state index contributed by atoms with van der Waals surface area (Å²) in [6.45, 7) is -0.888. The van der Waals surface area contributed by atoms with Gasteiger partial charge in [-0.2, -0.15) is 13.2 Å². The van der Waals surface area contributed by atoms with Crippen molar-refractivity contribution in [2.45, 2.75) is 19.1 Å². The first-order valence-electron chi connectivity index (χ1n) is 5.14. The van der Waals surface area contributed by atoms with Crippen molar-refractivity contribution in [1.29, 1.82) is 0 Å². The number of esters is 1. The van der Waals surface area contributed by atoms with Crippen molar-refractivity contribution in [2.24, 2.45) is 5.73 Å². The predicted molar refractivity (Wildman–Crippen MR) is 55.2 cm³/mol. The highest BCUT2D eigenvalue weighted by Gasteiger charge is 2.43. The van der Waals surface area contributed by atoms with Gasteiger partial charge in [0.1, 0.15) is 5.56 Å². The van der Waals surface area contributed by atoms with Crippen LogP contribution in [0.2, 0.25) is 0 Å². The summed E-state index contributed by atoms with van der Waals surface area (Å²) in [5.41, 5.74) is 1.49. The van der Waals surface area contributed by atoms with E-state index >= 15 is 0 Å². The molecule has 0 aliphatic rings. The molecule has 0 saturated carbocycles. The zero-order chi connectivity index (χ0) is 16.4. The smallest absolute Gasteiger partial charge is 0.464 e. The van der Waals surface area contributed by atoms with Gasteiger partial charge in [-0.3, -0.25) is 0 Å². The zero-order valence-electron chi connectivity index (χ0n) is 10.3. The van der Waals surface area contributed by atoms with E-state index in [1.165, 1.54) is 0 Å². The molecule has 0 amide bonds. The van der Waals surface area contributed by atoms with E-state index in [2.05, 4.69) is 14.5 Å². The zero-order valence-corrected chi connectivity index (χ0v) is 10.3. The Morgan fingerprint density at radius 2 is 1.86 bits per heavy atom. The molecule has 5 nitrogen and oxygen atoms in total. The molecule has 0 bridgehead atoms. The molecule has 0 fully saturated rings. The number of hydrogen-bond acceptors (Lipinski definition) is 5. The van der Waals surface area contributed by atoms with E-state index in [9.17, 15) is 31.1 Å². The number of pyridine rings is 1. The van der Waals surface area contributed by atoms with Crippen molar-refractivity contribution >= 4 is 5.97 Å². The van der Waals surface area contributed by atoms with Gasteiger partial charge >= 0.3 is 18.5 Å². The number of nitrogens with two attached hydrogens (primary N) is 1. The first kappa shape index (κ1) is 17.0. The van der Waals surface area contributed by atoms with E-state index in [0.717, 1.165) is 7.11 Å². The Kier molecular flexibility index (Phi) is 4.66. The summed E-state index contributed by atoms with van der Waals surface area (Å²) in [4.78, 5) is 14.5. The van der Waals surface area contributed by atoms with Crippen LogP contribution in [0.25, 0.3) is 0 Å². The van der Waals surface area contributed by atoms with Crippen LogP contribution in [0.4, 0.5) is 26.3 Å². The molecular weight excluding hydrogens is 310 g/mol. The lowest BCUT2D eigenvalue weighted by atomic mass is 10.0. The van der Waals surface area contributed by atoms with Crippen molar-refractivity contribution in [3.8, 4) is 5.75 Å². The van der Waals surface area contributed by atoms with Gasteiger partial charge in [0.15, 0.2) is 11.4 Å². The van der Waals surface area contributed by atoms with Crippen LogP contribution in [0.5, 0.6) is 5.75 Å². The molecule has 0 radical (unpaired) electrons. The summed E-state index contributed by atoms with van der Waals surface area (Å²) in [6, 6.07) is 0. The second-order valence-electron chi connectivity index (χ2n) is 3.57. The molecule has 1 rings (SSSR count). The number of hydrogen-bond donors (Lipinski definition) is 1. The van der Waals surface area contributed by atoms with Gasteiger partial charge in [-0.25, -0.2) is 9.78 Å². The average molecular weight is 318 g/mol. The van der Waals surface area contributed by atoms with Crippen LogP contribution in [0.3, 0.4) is 0 Å². The van der Waals surface area contributed by atoms with Gasteiger partial charge < -0.3 is 15.2 Å². The van der Waals surface area contributed by atoms with Crippen molar-refractivity contribution < 1.29 is 40.6 Å². The average Bonchev–Trinajstić information content (AvgIpc) is 2.33. The van der Waals surface area contributed by atoms with Gasteiger partial charge in [0.05, 0.1) is 13.3 Å². The number of carbonyl (C=O) groups excluding carboxylic acids is 1. The number of aromatic nitrogens is 1. The Hall–Kier alpha value is -2.04. The quantitative estimate of drug-likeness (QED) is 0.683. The summed E-state index contributed by atoms with van der Waals surface area (Å²) in [7, 11) is 0.873. The highest BCUT2D eigenvalue weighted by atomic mass is 19.4. The molecule has 0 saturated heterocycles. The van der Waals surface area contributed by atoms with Gasteiger partial charge in [-0.1, -0.05) is 0 Å². The number of ether oxygens (including phenoxy) is 2. The van der Waals surface area contributed by atoms with Gasteiger partial charge in [0, 0.05) is 12.1 Å². The second-order valence-corrected chi connectivity index (χ2v) is 3.57. The van der Waals surface area contributed by atoms with Crippen LogP contribution in [0, 0.1) is 0 Å². The Bertz CT molecular complexity index is 541. The van der Waals surface area contributed by atoms with E-state index in [1.807, 2.05) is 0 Å². The molecule has 1 aromatic heterocycles. The molecule has 1 heterocycles. The standard InChI is InChI=1S/C10H8F6N2O3/c1-20-8(19)7-4(2-17)6(9(11,12)13)5(3-18-7)21-10(14,15)16/h3H,2,17H2,1H3. The molecule has 0 aliphatic carbocycles. The number of nitrogens with zero attached hydrogens (tertiary/aromatic N) is 1. The second kappa shape index (κ2) is 5.76. The predicted octanol–water partition coefficient (Wildman–Crippen LogP) is 2.24. The van der Waals surface area contributed by atoms with Gasteiger partial charge in [-0.05, 0) is 0 Å². The Morgan fingerprint density at radius 1 is 1.29 bits per heavy atom. The highest BCUT2D eigenvalue weighted by molar-refractivity contribution is 5.89. The molecule has 1 aromatic rings. The summed E-state index contributed by atoms with van der Waals surface area (Å²) in [5, 5.41) is 0. The maximum atomic E-state index is 12.9. The lowest BCUT2D eigenvalue weighted by Crippen LogP contribution is -2.24. The third-order valence-corrected chi connectivity index (χ3v) is 2.24. The van der Waals surface area contributed by atoms with E-state index in [1.54, 1.807) is 0 Å². The summed E-state index contributed by atoms with van der Waals surface area (Å²) >= 11 is 0. The van der Waals surface area contributed by atoms with Crippen LogP contribution < -0.4 is 10.5 Å². The topological polar surface area (TPSA) is 74.4 Å². The van der Waals surface area contributed by atoms with Gasteiger partial charge in [0.2, 0.25) is 0 Å². The van der Waals surface area contributed by atoms with E-state index < -0.39 is 47.6 Å². The molecule has 11 heteroatoms. The molecule has 0 unspecified atom stereocenters. The maximum absolute atomic E-state index is 12.9. The largest absolute Gasteiger partial charge is 0.573 e. The number of rotatable bonds is 3. The summed E-state index contributed by atoms with van der Waals surface area (Å²) in [6.07, 6.45) is -10.5. The number of carbonyl (C=O) groups is 1. The minimum absolute atomic E-state index is 0.141. The lowest BCUT2D eigenvalue weighted by Gasteiger charge is -2.19. The van der Waals surface area contributed by atoms with Crippen molar-refractivity contribution in [2.75, 3.05) is 7.11 Å². The molecule has 2 N–H and O–H groups in total. The fraction of sp³-hybridized carbons (Fsp3) is 0.400. The van der Waals surface area contributed by atoms with E-state index in [-0.39, 0.29) is 6.20 Å². The Morgan fingerprint density at radius 3 is 2.24 bits per heavy atom. The number of methoxy groups -OCH3 is 1. The normalized spacial score (nSPS) is 12.2. The minimum Gasteiger partial charge on any atom is -0.464 e. The third kappa shape index (κ3) is 3.97. The van der Waals surface area contributed by atoms with Gasteiger partial charge in [-0.15, -0.1) is 13.2 Å². The molecule has 21 heavy (non-hydrogen) atoms. The molecule has 0 aliphatic heterocycles.